The molecule has 0 amide bonds. The Morgan fingerprint density at radius 2 is 1.92 bits per heavy atom. The largest absolute Gasteiger partial charge is 0.508 e. The quantitative estimate of drug-likeness (QED) is 0.615. The van der Waals surface area contributed by atoms with Crippen molar-refractivity contribution in [2.75, 3.05) is 6.61 Å². The molecule has 6 heteroatoms. The zero-order chi connectivity index (χ0) is 18.0. The molecule has 130 valence electrons. The maximum absolute atomic E-state index is 12.7. The molecule has 0 aliphatic heterocycles. The Labute approximate surface area is 152 Å². The third kappa shape index (κ3) is 3.79. The number of hydrogen-bond acceptors (Lipinski definition) is 5. The standard InChI is InChI=1S/C19H17BrO5/c1-11(20)6-7-24-14-4-2-12(3-5-14)15-10-25-17-9-13(21)8-16(22)18(17)19(15)23/h2-5,8-11,21-22H,6-7H2,1H3. The number of phenols is 2. The highest BCUT2D eigenvalue weighted by Crippen LogP contribution is 2.30. The van der Waals surface area contributed by atoms with Crippen LogP contribution in [0.3, 0.4) is 0 Å². The van der Waals surface area contributed by atoms with Gasteiger partial charge < -0.3 is 19.4 Å². The maximum atomic E-state index is 12.7. The summed E-state index contributed by atoms with van der Waals surface area (Å²) in [6, 6.07) is 9.51. The van der Waals surface area contributed by atoms with E-state index in [-0.39, 0.29) is 27.9 Å². The summed E-state index contributed by atoms with van der Waals surface area (Å²) < 4.78 is 11.0. The van der Waals surface area contributed by atoms with Crippen molar-refractivity contribution in [3.63, 3.8) is 0 Å². The molecule has 3 aromatic rings. The van der Waals surface area contributed by atoms with Crippen LogP contribution in [0.15, 0.2) is 51.9 Å². The second-order valence-corrected chi connectivity index (χ2v) is 7.32. The van der Waals surface area contributed by atoms with E-state index in [1.54, 1.807) is 24.3 Å². The molecule has 2 aromatic carbocycles. The highest BCUT2D eigenvalue weighted by molar-refractivity contribution is 9.09. The molecule has 0 aliphatic carbocycles. The molecule has 0 bridgehead atoms. The first-order chi connectivity index (χ1) is 12.0. The molecule has 25 heavy (non-hydrogen) atoms. The third-order valence-electron chi connectivity index (χ3n) is 3.79. The van der Waals surface area contributed by atoms with E-state index in [1.165, 1.54) is 12.3 Å². The highest BCUT2D eigenvalue weighted by Gasteiger charge is 2.14. The predicted molar refractivity (Wildman–Crippen MR) is 99.8 cm³/mol. The molecule has 3 rings (SSSR count). The summed E-state index contributed by atoms with van der Waals surface area (Å²) in [6.07, 6.45) is 2.22. The fraction of sp³-hybridized carbons (Fsp3) is 0.211. The van der Waals surface area contributed by atoms with Gasteiger partial charge in [-0.2, -0.15) is 0 Å². The first kappa shape index (κ1) is 17.4. The van der Waals surface area contributed by atoms with Gasteiger partial charge in [-0.05, 0) is 24.1 Å². The minimum absolute atomic E-state index is 0.0435. The van der Waals surface area contributed by atoms with Crippen LogP contribution in [-0.4, -0.2) is 21.6 Å². The number of fused-ring (bicyclic) bond motifs is 1. The second-order valence-electron chi connectivity index (χ2n) is 5.76. The van der Waals surface area contributed by atoms with Gasteiger partial charge in [0.05, 0.1) is 12.2 Å². The van der Waals surface area contributed by atoms with E-state index >= 15 is 0 Å². The average Bonchev–Trinajstić information content (AvgIpc) is 2.55. The van der Waals surface area contributed by atoms with Gasteiger partial charge in [0.1, 0.15) is 34.5 Å². The fourth-order valence-electron chi connectivity index (χ4n) is 2.49. The summed E-state index contributed by atoms with van der Waals surface area (Å²) >= 11 is 3.47. The topological polar surface area (TPSA) is 79.9 Å². The maximum Gasteiger partial charge on any atom is 0.204 e. The molecule has 1 unspecified atom stereocenters. The molecule has 0 saturated carbocycles. The van der Waals surface area contributed by atoms with Crippen LogP contribution in [0.25, 0.3) is 22.1 Å². The normalized spacial score (nSPS) is 12.2. The van der Waals surface area contributed by atoms with Crippen molar-refractivity contribution in [3.8, 4) is 28.4 Å². The SMILES string of the molecule is CC(Br)CCOc1ccc(-c2coc3cc(O)cc(O)c3c2=O)cc1. The smallest absolute Gasteiger partial charge is 0.204 e. The number of alkyl halides is 1. The number of aromatic hydroxyl groups is 2. The summed E-state index contributed by atoms with van der Waals surface area (Å²) in [4.78, 5) is 13.0. The van der Waals surface area contributed by atoms with Crippen molar-refractivity contribution < 1.29 is 19.4 Å². The predicted octanol–water partition coefficient (Wildman–Crippen LogP) is 4.42. The van der Waals surface area contributed by atoms with E-state index < -0.39 is 0 Å². The van der Waals surface area contributed by atoms with E-state index in [2.05, 4.69) is 22.9 Å². The zero-order valence-electron chi connectivity index (χ0n) is 13.5. The molecule has 2 N–H and O–H groups in total. The Balaban J connectivity index is 1.92. The molecule has 1 atom stereocenters. The van der Waals surface area contributed by atoms with Gasteiger partial charge in [0.2, 0.25) is 5.43 Å². The molecule has 0 radical (unpaired) electrons. The molecule has 1 heterocycles. The first-order valence-electron chi connectivity index (χ1n) is 7.80. The number of benzene rings is 2. The second kappa shape index (κ2) is 7.19. The number of rotatable bonds is 5. The van der Waals surface area contributed by atoms with Gasteiger partial charge in [0.25, 0.3) is 0 Å². The lowest BCUT2D eigenvalue weighted by atomic mass is 10.0. The van der Waals surface area contributed by atoms with Gasteiger partial charge in [-0.3, -0.25) is 4.79 Å². The van der Waals surface area contributed by atoms with Crippen LogP contribution >= 0.6 is 15.9 Å². The van der Waals surface area contributed by atoms with E-state index in [9.17, 15) is 15.0 Å². The van der Waals surface area contributed by atoms with Gasteiger partial charge in [-0.1, -0.05) is 35.0 Å². The monoisotopic (exact) mass is 404 g/mol. The molecule has 0 spiro atoms. The molecule has 0 fully saturated rings. The Bertz CT molecular complexity index is 944. The van der Waals surface area contributed by atoms with E-state index in [0.717, 1.165) is 18.2 Å². The number of halogens is 1. The summed E-state index contributed by atoms with van der Waals surface area (Å²) in [5.41, 5.74) is 0.758. The van der Waals surface area contributed by atoms with Gasteiger partial charge in [0, 0.05) is 17.0 Å². The van der Waals surface area contributed by atoms with E-state index in [0.29, 0.717) is 22.6 Å². The van der Waals surface area contributed by atoms with Crippen molar-refractivity contribution in [2.24, 2.45) is 0 Å². The Hall–Kier alpha value is -2.47. The lowest BCUT2D eigenvalue weighted by Crippen LogP contribution is -2.05. The summed E-state index contributed by atoms with van der Waals surface area (Å²) in [5.74, 6) is 0.240. The van der Waals surface area contributed by atoms with Crippen molar-refractivity contribution >= 4 is 26.9 Å². The van der Waals surface area contributed by atoms with Crippen LogP contribution in [0, 0.1) is 0 Å². The Morgan fingerprint density at radius 1 is 1.20 bits per heavy atom. The minimum atomic E-state index is -0.361. The number of phenolic OH excluding ortho intramolecular Hbond substituents is 2. The highest BCUT2D eigenvalue weighted by atomic mass is 79.9. The summed E-state index contributed by atoms with van der Waals surface area (Å²) in [5, 5.41) is 19.5. The molecule has 5 nitrogen and oxygen atoms in total. The summed E-state index contributed by atoms with van der Waals surface area (Å²) in [6.45, 7) is 2.65. The molecule has 0 aliphatic rings. The van der Waals surface area contributed by atoms with Gasteiger partial charge in [0.15, 0.2) is 0 Å². The lowest BCUT2D eigenvalue weighted by Gasteiger charge is -2.08. The van der Waals surface area contributed by atoms with Crippen molar-refractivity contribution in [2.45, 2.75) is 18.2 Å². The molecule has 1 aromatic heterocycles. The average molecular weight is 405 g/mol. The zero-order valence-corrected chi connectivity index (χ0v) is 15.1. The van der Waals surface area contributed by atoms with E-state index in [4.69, 9.17) is 9.15 Å². The fourth-order valence-corrected chi connectivity index (χ4v) is 2.67. The first-order valence-corrected chi connectivity index (χ1v) is 8.72. The van der Waals surface area contributed by atoms with Gasteiger partial charge in [-0.25, -0.2) is 0 Å². The number of hydrogen-bond donors (Lipinski definition) is 2. The van der Waals surface area contributed by atoms with Crippen molar-refractivity contribution in [3.05, 3.63) is 52.9 Å². The van der Waals surface area contributed by atoms with Crippen LogP contribution < -0.4 is 10.2 Å². The van der Waals surface area contributed by atoms with Gasteiger partial charge in [-0.15, -0.1) is 0 Å². The Kier molecular flexibility index (Phi) is 4.99. The minimum Gasteiger partial charge on any atom is -0.508 e. The van der Waals surface area contributed by atoms with Crippen molar-refractivity contribution in [1.82, 2.24) is 0 Å². The van der Waals surface area contributed by atoms with Crippen LogP contribution in [0.5, 0.6) is 17.2 Å². The summed E-state index contributed by atoms with van der Waals surface area (Å²) in [7, 11) is 0. The van der Waals surface area contributed by atoms with E-state index in [1.807, 2.05) is 0 Å². The number of ether oxygens (including phenoxy) is 1. The van der Waals surface area contributed by atoms with Crippen LogP contribution in [0.4, 0.5) is 0 Å². The van der Waals surface area contributed by atoms with Gasteiger partial charge >= 0.3 is 0 Å². The van der Waals surface area contributed by atoms with Crippen LogP contribution in [0.1, 0.15) is 13.3 Å². The Morgan fingerprint density at radius 3 is 2.60 bits per heavy atom. The molecular formula is C19H17BrO5. The molecular weight excluding hydrogens is 388 g/mol. The van der Waals surface area contributed by atoms with Crippen molar-refractivity contribution in [1.29, 1.82) is 0 Å². The van der Waals surface area contributed by atoms with Crippen LogP contribution in [-0.2, 0) is 0 Å². The molecule has 0 saturated heterocycles. The third-order valence-corrected chi connectivity index (χ3v) is 4.25. The van der Waals surface area contributed by atoms with Crippen LogP contribution in [0.2, 0.25) is 0 Å². The lowest BCUT2D eigenvalue weighted by molar-refractivity contribution is 0.312.